The van der Waals surface area contributed by atoms with E-state index in [-0.39, 0.29) is 0 Å². The van der Waals surface area contributed by atoms with Crippen LogP contribution < -0.4 is 10.6 Å². The van der Waals surface area contributed by atoms with E-state index in [1.807, 2.05) is 30.3 Å². The third-order valence-corrected chi connectivity index (χ3v) is 4.05. The van der Waals surface area contributed by atoms with Crippen molar-refractivity contribution in [3.05, 3.63) is 64.9 Å². The molecule has 0 bridgehead atoms. The van der Waals surface area contributed by atoms with Crippen molar-refractivity contribution in [3.8, 4) is 0 Å². The highest BCUT2D eigenvalue weighted by molar-refractivity contribution is 7.80. The van der Waals surface area contributed by atoms with Gasteiger partial charge in [0.05, 0.1) is 10.0 Å². The molecule has 0 radical (unpaired) electrons. The number of pyridine rings is 1. The second-order valence-electron chi connectivity index (χ2n) is 4.61. The summed E-state index contributed by atoms with van der Waals surface area (Å²) >= 11 is 17.2. The van der Waals surface area contributed by atoms with E-state index in [9.17, 15) is 0 Å². The third kappa shape index (κ3) is 3.30. The van der Waals surface area contributed by atoms with Gasteiger partial charge in [0.15, 0.2) is 5.11 Å². The summed E-state index contributed by atoms with van der Waals surface area (Å²) in [6.07, 6.45) is 3.57. The largest absolute Gasteiger partial charge is 0.332 e. The molecule has 0 aliphatic heterocycles. The zero-order chi connectivity index (χ0) is 15.5. The predicted octanol–water partition coefficient (Wildman–Crippen LogP) is 5.35. The molecule has 2 N–H and O–H groups in total. The van der Waals surface area contributed by atoms with Crippen LogP contribution in [0.5, 0.6) is 0 Å². The molecule has 0 saturated heterocycles. The van der Waals surface area contributed by atoms with Crippen molar-refractivity contribution in [2.75, 3.05) is 10.6 Å². The lowest BCUT2D eigenvalue weighted by molar-refractivity contribution is 1.36. The van der Waals surface area contributed by atoms with Crippen LogP contribution in [0, 0.1) is 0 Å². The molecule has 3 aromatic rings. The Morgan fingerprint density at radius 1 is 1.00 bits per heavy atom. The lowest BCUT2D eigenvalue weighted by atomic mass is 10.1. The molecular weight excluding hydrogens is 337 g/mol. The summed E-state index contributed by atoms with van der Waals surface area (Å²) in [7, 11) is 0. The molecule has 0 saturated carbocycles. The van der Waals surface area contributed by atoms with Crippen LogP contribution in [-0.4, -0.2) is 10.1 Å². The molecule has 0 aliphatic carbocycles. The first-order valence-corrected chi connectivity index (χ1v) is 7.66. The summed E-state index contributed by atoms with van der Waals surface area (Å²) in [6, 6.07) is 13.2. The highest BCUT2D eigenvalue weighted by atomic mass is 35.5. The number of hydrogen-bond acceptors (Lipinski definition) is 2. The van der Waals surface area contributed by atoms with Crippen LogP contribution in [-0.2, 0) is 0 Å². The summed E-state index contributed by atoms with van der Waals surface area (Å²) in [5.41, 5.74) is 1.66. The average molecular weight is 348 g/mol. The Morgan fingerprint density at radius 3 is 2.68 bits per heavy atom. The molecule has 0 atom stereocenters. The average Bonchev–Trinajstić information content (AvgIpc) is 2.51. The first-order valence-electron chi connectivity index (χ1n) is 6.49. The fourth-order valence-electron chi connectivity index (χ4n) is 2.08. The van der Waals surface area contributed by atoms with E-state index in [1.54, 1.807) is 24.5 Å². The summed E-state index contributed by atoms with van der Waals surface area (Å²) in [6.45, 7) is 0. The molecule has 6 heteroatoms. The molecule has 3 rings (SSSR count). The Labute approximate surface area is 143 Å². The number of hydrogen-bond donors (Lipinski definition) is 2. The fraction of sp³-hybridized carbons (Fsp3) is 0. The molecule has 0 spiro atoms. The maximum Gasteiger partial charge on any atom is 0.175 e. The van der Waals surface area contributed by atoms with Gasteiger partial charge in [-0.3, -0.25) is 4.98 Å². The first kappa shape index (κ1) is 15.0. The summed E-state index contributed by atoms with van der Waals surface area (Å²) in [4.78, 5) is 4.15. The van der Waals surface area contributed by atoms with E-state index in [2.05, 4.69) is 15.6 Å². The minimum absolute atomic E-state index is 0.467. The van der Waals surface area contributed by atoms with Gasteiger partial charge >= 0.3 is 0 Å². The van der Waals surface area contributed by atoms with Crippen molar-refractivity contribution in [2.45, 2.75) is 0 Å². The Hall–Kier alpha value is -1.88. The van der Waals surface area contributed by atoms with Crippen LogP contribution in [0.3, 0.4) is 0 Å². The lowest BCUT2D eigenvalue weighted by Gasteiger charge is -2.12. The summed E-state index contributed by atoms with van der Waals surface area (Å²) in [5.74, 6) is 0. The van der Waals surface area contributed by atoms with E-state index >= 15 is 0 Å². The van der Waals surface area contributed by atoms with Gasteiger partial charge in [-0.2, -0.15) is 0 Å². The van der Waals surface area contributed by atoms with Gasteiger partial charge in [0, 0.05) is 29.2 Å². The van der Waals surface area contributed by atoms with Gasteiger partial charge in [-0.05, 0) is 47.9 Å². The van der Waals surface area contributed by atoms with Crippen LogP contribution >= 0.6 is 35.4 Å². The molecule has 1 heterocycles. The zero-order valence-corrected chi connectivity index (χ0v) is 13.6. The van der Waals surface area contributed by atoms with Crippen molar-refractivity contribution in [3.63, 3.8) is 0 Å². The maximum atomic E-state index is 5.99. The number of rotatable bonds is 2. The van der Waals surface area contributed by atoms with E-state index in [4.69, 9.17) is 35.4 Å². The van der Waals surface area contributed by atoms with Crippen molar-refractivity contribution in [2.24, 2.45) is 0 Å². The molecule has 0 aliphatic rings. The lowest BCUT2D eigenvalue weighted by Crippen LogP contribution is -2.19. The number of nitrogens with one attached hydrogen (secondary N) is 2. The molecule has 0 unspecified atom stereocenters. The van der Waals surface area contributed by atoms with Crippen molar-refractivity contribution < 1.29 is 0 Å². The molecular formula is C16H11Cl2N3S. The number of fused-ring (bicyclic) bond motifs is 1. The fourth-order valence-corrected chi connectivity index (χ4v) is 2.61. The van der Waals surface area contributed by atoms with E-state index in [0.29, 0.717) is 15.2 Å². The van der Waals surface area contributed by atoms with Crippen LogP contribution in [0.4, 0.5) is 11.4 Å². The Morgan fingerprint density at radius 2 is 1.86 bits per heavy atom. The standard InChI is InChI=1S/C16H11Cl2N3S/c17-13-5-4-11(8-14(13)18)20-16(22)21-15-3-1-2-10-6-7-19-9-12(10)15/h1-9H,(H2,20,21,22). The van der Waals surface area contributed by atoms with E-state index in [1.165, 1.54) is 0 Å². The van der Waals surface area contributed by atoms with E-state index in [0.717, 1.165) is 22.1 Å². The first-order chi connectivity index (χ1) is 10.6. The van der Waals surface area contributed by atoms with Gasteiger partial charge in [-0.1, -0.05) is 35.3 Å². The molecule has 0 fully saturated rings. The second-order valence-corrected chi connectivity index (χ2v) is 5.83. The number of halogens is 2. The van der Waals surface area contributed by atoms with Crippen molar-refractivity contribution in [1.29, 1.82) is 0 Å². The SMILES string of the molecule is S=C(Nc1ccc(Cl)c(Cl)c1)Nc1cccc2ccncc12. The monoisotopic (exact) mass is 347 g/mol. The number of thiocarbonyl (C=S) groups is 1. The van der Waals surface area contributed by atoms with Crippen LogP contribution in [0.1, 0.15) is 0 Å². The predicted molar refractivity (Wildman–Crippen MR) is 98.0 cm³/mol. The normalized spacial score (nSPS) is 10.5. The molecule has 22 heavy (non-hydrogen) atoms. The topological polar surface area (TPSA) is 37.0 Å². The zero-order valence-electron chi connectivity index (χ0n) is 11.3. The number of benzene rings is 2. The third-order valence-electron chi connectivity index (χ3n) is 3.11. The molecule has 3 nitrogen and oxygen atoms in total. The molecule has 1 aromatic heterocycles. The summed E-state index contributed by atoms with van der Waals surface area (Å²) < 4.78 is 0. The maximum absolute atomic E-state index is 5.99. The Bertz CT molecular complexity index is 846. The number of anilines is 2. The highest BCUT2D eigenvalue weighted by Gasteiger charge is 2.05. The van der Waals surface area contributed by atoms with Gasteiger partial charge in [-0.15, -0.1) is 0 Å². The van der Waals surface area contributed by atoms with Gasteiger partial charge in [-0.25, -0.2) is 0 Å². The van der Waals surface area contributed by atoms with E-state index < -0.39 is 0 Å². The molecule has 2 aromatic carbocycles. The Kier molecular flexibility index (Phi) is 4.43. The minimum atomic E-state index is 0.467. The quantitative estimate of drug-likeness (QED) is 0.612. The number of nitrogens with zero attached hydrogens (tertiary/aromatic N) is 1. The van der Waals surface area contributed by atoms with Gasteiger partial charge in [0.25, 0.3) is 0 Å². The summed E-state index contributed by atoms with van der Waals surface area (Å²) in [5, 5.41) is 9.80. The van der Waals surface area contributed by atoms with Crippen LogP contribution in [0.25, 0.3) is 10.8 Å². The molecule has 0 amide bonds. The van der Waals surface area contributed by atoms with Gasteiger partial charge in [0.2, 0.25) is 0 Å². The smallest absolute Gasteiger partial charge is 0.175 e. The van der Waals surface area contributed by atoms with Crippen molar-refractivity contribution in [1.82, 2.24) is 4.98 Å². The second kappa shape index (κ2) is 6.48. The number of aromatic nitrogens is 1. The van der Waals surface area contributed by atoms with Gasteiger partial charge in [0.1, 0.15) is 0 Å². The molecule has 110 valence electrons. The minimum Gasteiger partial charge on any atom is -0.332 e. The Balaban J connectivity index is 1.80. The van der Waals surface area contributed by atoms with Crippen LogP contribution in [0.15, 0.2) is 54.9 Å². The highest BCUT2D eigenvalue weighted by Crippen LogP contribution is 2.26. The van der Waals surface area contributed by atoms with Crippen molar-refractivity contribution >= 4 is 62.7 Å². The van der Waals surface area contributed by atoms with Gasteiger partial charge < -0.3 is 10.6 Å². The van der Waals surface area contributed by atoms with Crippen LogP contribution in [0.2, 0.25) is 10.0 Å².